The van der Waals surface area contributed by atoms with Crippen molar-refractivity contribution in [2.24, 2.45) is 5.92 Å². The van der Waals surface area contributed by atoms with Gasteiger partial charge in [0.1, 0.15) is 5.82 Å². The molecule has 1 saturated heterocycles. The van der Waals surface area contributed by atoms with E-state index in [1.807, 2.05) is 0 Å². The fraction of sp³-hybridized carbons (Fsp3) is 0.500. The Balaban J connectivity index is 1.82. The van der Waals surface area contributed by atoms with Crippen LogP contribution < -0.4 is 5.32 Å². The first-order valence-electron chi connectivity index (χ1n) is 6.37. The molecule has 1 aromatic rings. The second-order valence-electron chi connectivity index (χ2n) is 4.99. The summed E-state index contributed by atoms with van der Waals surface area (Å²) < 4.78 is 12.7. The van der Waals surface area contributed by atoms with E-state index >= 15 is 0 Å². The van der Waals surface area contributed by atoms with Crippen molar-refractivity contribution in [2.75, 3.05) is 26.7 Å². The Morgan fingerprint density at radius 2 is 2.17 bits per heavy atom. The molecular formula is C14H19FN2O. The van der Waals surface area contributed by atoms with Crippen LogP contribution in [0.15, 0.2) is 24.3 Å². The van der Waals surface area contributed by atoms with E-state index in [2.05, 4.69) is 17.3 Å². The van der Waals surface area contributed by atoms with Gasteiger partial charge in [-0.2, -0.15) is 0 Å². The molecule has 0 radical (unpaired) electrons. The zero-order chi connectivity index (χ0) is 13.0. The average Bonchev–Trinajstić information content (AvgIpc) is 2.37. The molecule has 0 aromatic heterocycles. The highest BCUT2D eigenvalue weighted by Crippen LogP contribution is 2.14. The van der Waals surface area contributed by atoms with Gasteiger partial charge in [0.15, 0.2) is 0 Å². The van der Waals surface area contributed by atoms with E-state index in [1.165, 1.54) is 30.7 Å². The van der Waals surface area contributed by atoms with Gasteiger partial charge in [-0.25, -0.2) is 4.39 Å². The summed E-state index contributed by atoms with van der Waals surface area (Å²) in [4.78, 5) is 14.1. The number of halogens is 1. The molecule has 1 heterocycles. The van der Waals surface area contributed by atoms with Gasteiger partial charge in [-0.1, -0.05) is 0 Å². The summed E-state index contributed by atoms with van der Waals surface area (Å²) in [5, 5.41) is 2.92. The van der Waals surface area contributed by atoms with Crippen LogP contribution >= 0.6 is 0 Å². The SMILES string of the molecule is CN1CCCC(CNC(=O)c2ccc(F)cc2)C1. The Hall–Kier alpha value is -1.42. The minimum absolute atomic E-state index is 0.122. The van der Waals surface area contributed by atoms with Crippen molar-refractivity contribution in [3.05, 3.63) is 35.6 Å². The van der Waals surface area contributed by atoms with Gasteiger partial charge in [0, 0.05) is 18.7 Å². The molecule has 0 saturated carbocycles. The number of nitrogens with one attached hydrogen (secondary N) is 1. The zero-order valence-corrected chi connectivity index (χ0v) is 10.7. The molecule has 3 nitrogen and oxygen atoms in total. The second-order valence-corrected chi connectivity index (χ2v) is 4.99. The average molecular weight is 250 g/mol. The predicted octanol–water partition coefficient (Wildman–Crippen LogP) is 1.90. The van der Waals surface area contributed by atoms with Crippen molar-refractivity contribution in [3.8, 4) is 0 Å². The number of amides is 1. The highest BCUT2D eigenvalue weighted by molar-refractivity contribution is 5.94. The highest BCUT2D eigenvalue weighted by Gasteiger charge is 2.17. The van der Waals surface area contributed by atoms with Crippen molar-refractivity contribution >= 4 is 5.91 Å². The van der Waals surface area contributed by atoms with Crippen molar-refractivity contribution in [1.29, 1.82) is 0 Å². The quantitative estimate of drug-likeness (QED) is 0.888. The van der Waals surface area contributed by atoms with Gasteiger partial charge in [0.2, 0.25) is 0 Å². The standard InChI is InChI=1S/C14H19FN2O/c1-17-8-2-3-11(10-17)9-16-14(18)12-4-6-13(15)7-5-12/h4-7,11H,2-3,8-10H2,1H3,(H,16,18). The summed E-state index contributed by atoms with van der Waals surface area (Å²) in [6, 6.07) is 5.64. The maximum atomic E-state index is 12.7. The molecule has 2 rings (SSSR count). The Morgan fingerprint density at radius 1 is 1.44 bits per heavy atom. The number of benzene rings is 1. The van der Waals surface area contributed by atoms with E-state index < -0.39 is 0 Å². The van der Waals surface area contributed by atoms with Crippen molar-refractivity contribution in [1.82, 2.24) is 10.2 Å². The molecule has 0 bridgehead atoms. The number of nitrogens with zero attached hydrogens (tertiary/aromatic N) is 1. The molecule has 18 heavy (non-hydrogen) atoms. The lowest BCUT2D eigenvalue weighted by Crippen LogP contribution is -2.39. The van der Waals surface area contributed by atoms with E-state index in [0.717, 1.165) is 19.5 Å². The number of piperidine rings is 1. The van der Waals surface area contributed by atoms with Gasteiger partial charge in [-0.15, -0.1) is 0 Å². The maximum absolute atomic E-state index is 12.7. The molecule has 1 unspecified atom stereocenters. The molecule has 1 aliphatic heterocycles. The maximum Gasteiger partial charge on any atom is 0.251 e. The lowest BCUT2D eigenvalue weighted by molar-refractivity contribution is 0.0937. The molecular weight excluding hydrogens is 231 g/mol. The second kappa shape index (κ2) is 5.96. The van der Waals surface area contributed by atoms with Crippen molar-refractivity contribution < 1.29 is 9.18 Å². The van der Waals surface area contributed by atoms with Crippen LogP contribution in [-0.2, 0) is 0 Å². The van der Waals surface area contributed by atoms with Crippen LogP contribution in [0.1, 0.15) is 23.2 Å². The molecule has 1 aliphatic rings. The third kappa shape index (κ3) is 3.53. The van der Waals surface area contributed by atoms with Crippen molar-refractivity contribution in [3.63, 3.8) is 0 Å². The van der Waals surface area contributed by atoms with Crippen LogP contribution in [0.4, 0.5) is 4.39 Å². The van der Waals surface area contributed by atoms with Gasteiger partial charge in [0.25, 0.3) is 5.91 Å². The van der Waals surface area contributed by atoms with Gasteiger partial charge in [0.05, 0.1) is 0 Å². The van der Waals surface area contributed by atoms with Crippen LogP contribution in [0.2, 0.25) is 0 Å². The third-order valence-electron chi connectivity index (χ3n) is 3.38. The lowest BCUT2D eigenvalue weighted by Gasteiger charge is -2.29. The van der Waals surface area contributed by atoms with Crippen molar-refractivity contribution in [2.45, 2.75) is 12.8 Å². The molecule has 1 atom stereocenters. The largest absolute Gasteiger partial charge is 0.352 e. The summed E-state index contributed by atoms with van der Waals surface area (Å²) in [7, 11) is 2.11. The molecule has 1 aromatic carbocycles. The number of rotatable bonds is 3. The number of hydrogen-bond acceptors (Lipinski definition) is 2. The van der Waals surface area contributed by atoms with E-state index in [9.17, 15) is 9.18 Å². The molecule has 1 amide bonds. The monoisotopic (exact) mass is 250 g/mol. The highest BCUT2D eigenvalue weighted by atomic mass is 19.1. The zero-order valence-electron chi connectivity index (χ0n) is 10.7. The number of carbonyl (C=O) groups is 1. The van der Waals surface area contributed by atoms with Crippen LogP contribution in [0.25, 0.3) is 0 Å². The topological polar surface area (TPSA) is 32.3 Å². The Labute approximate surface area is 107 Å². The molecule has 1 fully saturated rings. The summed E-state index contributed by atoms with van der Waals surface area (Å²) >= 11 is 0. The van der Waals surface area contributed by atoms with Crippen LogP contribution in [-0.4, -0.2) is 37.5 Å². The van der Waals surface area contributed by atoms with Crippen LogP contribution in [0, 0.1) is 11.7 Å². The van der Waals surface area contributed by atoms with Gasteiger partial charge >= 0.3 is 0 Å². The molecule has 0 spiro atoms. The first-order valence-corrected chi connectivity index (χ1v) is 6.37. The first kappa shape index (κ1) is 13.0. The minimum atomic E-state index is -0.319. The number of likely N-dealkylation sites (tertiary alicyclic amines) is 1. The summed E-state index contributed by atoms with van der Waals surface area (Å²) in [6.07, 6.45) is 2.35. The molecule has 0 aliphatic carbocycles. The fourth-order valence-corrected chi connectivity index (χ4v) is 2.38. The van der Waals surface area contributed by atoms with E-state index in [0.29, 0.717) is 18.0 Å². The normalized spacial score (nSPS) is 20.7. The van der Waals surface area contributed by atoms with Crippen LogP contribution in [0.3, 0.4) is 0 Å². The molecule has 1 N–H and O–H groups in total. The van der Waals surface area contributed by atoms with E-state index in [4.69, 9.17) is 0 Å². The summed E-state index contributed by atoms with van der Waals surface area (Å²) in [5.41, 5.74) is 0.514. The number of carbonyl (C=O) groups excluding carboxylic acids is 1. The Morgan fingerprint density at radius 3 is 2.83 bits per heavy atom. The van der Waals surface area contributed by atoms with E-state index in [1.54, 1.807) is 0 Å². The number of hydrogen-bond donors (Lipinski definition) is 1. The predicted molar refractivity (Wildman–Crippen MR) is 69.0 cm³/mol. The smallest absolute Gasteiger partial charge is 0.251 e. The van der Waals surface area contributed by atoms with E-state index in [-0.39, 0.29) is 11.7 Å². The molecule has 4 heteroatoms. The minimum Gasteiger partial charge on any atom is -0.352 e. The van der Waals surface area contributed by atoms with Crippen LogP contribution in [0.5, 0.6) is 0 Å². The fourth-order valence-electron chi connectivity index (χ4n) is 2.38. The Bertz CT molecular complexity index is 405. The van der Waals surface area contributed by atoms with Gasteiger partial charge < -0.3 is 10.2 Å². The van der Waals surface area contributed by atoms with Gasteiger partial charge in [-0.3, -0.25) is 4.79 Å². The van der Waals surface area contributed by atoms with Gasteiger partial charge in [-0.05, 0) is 56.6 Å². The third-order valence-corrected chi connectivity index (χ3v) is 3.38. The summed E-state index contributed by atoms with van der Waals surface area (Å²) in [6.45, 7) is 2.87. The summed E-state index contributed by atoms with van der Waals surface area (Å²) in [5.74, 6) is 0.0804. The lowest BCUT2D eigenvalue weighted by atomic mass is 9.98. The first-order chi connectivity index (χ1) is 8.65. The Kier molecular flexibility index (Phi) is 4.31. The molecule has 98 valence electrons.